The highest BCUT2D eigenvalue weighted by molar-refractivity contribution is 6.31. The van der Waals surface area contributed by atoms with Gasteiger partial charge in [0.1, 0.15) is 5.76 Å². The molecule has 1 aromatic heterocycles. The molecule has 0 aliphatic rings. The van der Waals surface area contributed by atoms with Gasteiger partial charge in [0.15, 0.2) is 0 Å². The van der Waals surface area contributed by atoms with Crippen LogP contribution in [0.25, 0.3) is 0 Å². The van der Waals surface area contributed by atoms with E-state index in [2.05, 4.69) is 43.2 Å². The van der Waals surface area contributed by atoms with Gasteiger partial charge in [-0.15, -0.1) is 0 Å². The second-order valence-corrected chi connectivity index (χ2v) is 6.13. The van der Waals surface area contributed by atoms with Crippen molar-refractivity contribution in [1.82, 2.24) is 10.2 Å². The van der Waals surface area contributed by atoms with Crippen LogP contribution in [-0.2, 0) is 19.6 Å². The van der Waals surface area contributed by atoms with Crippen LogP contribution < -0.4 is 5.32 Å². The highest BCUT2D eigenvalue weighted by Crippen LogP contribution is 2.18. The Balaban J connectivity index is 1.88. The predicted octanol–water partition coefficient (Wildman–Crippen LogP) is 4.06. The summed E-state index contributed by atoms with van der Waals surface area (Å²) in [6, 6.07) is 10.5. The third-order valence-corrected chi connectivity index (χ3v) is 3.62. The molecule has 4 heteroatoms. The smallest absolute Gasteiger partial charge is 0.118 e. The number of benzene rings is 1. The number of nitrogens with one attached hydrogen (secondary N) is 1. The minimum absolute atomic E-state index is 0.478. The summed E-state index contributed by atoms with van der Waals surface area (Å²) in [5.74, 6) is 0.977. The molecule has 2 rings (SSSR count). The molecule has 21 heavy (non-hydrogen) atoms. The van der Waals surface area contributed by atoms with E-state index in [1.165, 1.54) is 5.56 Å². The summed E-state index contributed by atoms with van der Waals surface area (Å²) in [6.07, 6.45) is 1.83. The lowest BCUT2D eigenvalue weighted by molar-refractivity contribution is 0.288. The molecule has 1 N–H and O–H groups in total. The van der Waals surface area contributed by atoms with Crippen LogP contribution in [0.15, 0.2) is 41.0 Å². The predicted molar refractivity (Wildman–Crippen MR) is 87.3 cm³/mol. The molecule has 3 nitrogen and oxygen atoms in total. The summed E-state index contributed by atoms with van der Waals surface area (Å²) in [7, 11) is 2.07. The largest absolute Gasteiger partial charge is 0.468 e. The van der Waals surface area contributed by atoms with Crippen molar-refractivity contribution in [3.63, 3.8) is 0 Å². The normalized spacial score (nSPS) is 11.5. The zero-order valence-corrected chi connectivity index (χ0v) is 13.7. The molecule has 0 aliphatic heterocycles. The SMILES string of the molecule is CC(C)NCc1coc(CN(C)Cc2ccccc2Cl)c1. The van der Waals surface area contributed by atoms with Crippen LogP contribution in [0.3, 0.4) is 0 Å². The molecule has 0 unspecified atom stereocenters. The van der Waals surface area contributed by atoms with E-state index in [0.717, 1.165) is 36.0 Å². The van der Waals surface area contributed by atoms with Gasteiger partial charge >= 0.3 is 0 Å². The molecule has 2 aromatic rings. The standard InChI is InChI=1S/C17H23ClN2O/c1-13(2)19-9-14-8-16(21-12-14)11-20(3)10-15-6-4-5-7-17(15)18/h4-8,12-13,19H,9-11H2,1-3H3. The Bertz CT molecular complexity index is 565. The van der Waals surface area contributed by atoms with Crippen LogP contribution in [-0.4, -0.2) is 18.0 Å². The average molecular weight is 307 g/mol. The number of nitrogens with zero attached hydrogens (tertiary/aromatic N) is 1. The topological polar surface area (TPSA) is 28.4 Å². The van der Waals surface area contributed by atoms with Gasteiger partial charge in [-0.3, -0.25) is 4.90 Å². The summed E-state index contributed by atoms with van der Waals surface area (Å²) in [5.41, 5.74) is 2.32. The first kappa shape index (κ1) is 16.1. The third-order valence-electron chi connectivity index (χ3n) is 3.25. The molecule has 0 spiro atoms. The first-order valence-electron chi connectivity index (χ1n) is 7.26. The van der Waals surface area contributed by atoms with Crippen molar-refractivity contribution in [3.8, 4) is 0 Å². The van der Waals surface area contributed by atoms with E-state index in [4.69, 9.17) is 16.0 Å². The maximum atomic E-state index is 6.19. The molecule has 0 saturated carbocycles. The Hall–Kier alpha value is -1.29. The van der Waals surface area contributed by atoms with Gasteiger partial charge in [0.2, 0.25) is 0 Å². The first-order chi connectivity index (χ1) is 10.0. The number of hydrogen-bond acceptors (Lipinski definition) is 3. The van der Waals surface area contributed by atoms with Crippen LogP contribution in [0.2, 0.25) is 5.02 Å². The lowest BCUT2D eigenvalue weighted by atomic mass is 10.2. The molecule has 0 saturated heterocycles. The van der Waals surface area contributed by atoms with E-state index < -0.39 is 0 Å². The molecular formula is C17H23ClN2O. The van der Waals surface area contributed by atoms with E-state index in [9.17, 15) is 0 Å². The van der Waals surface area contributed by atoms with Gasteiger partial charge < -0.3 is 9.73 Å². The zero-order valence-electron chi connectivity index (χ0n) is 12.9. The van der Waals surface area contributed by atoms with Gasteiger partial charge in [0.25, 0.3) is 0 Å². The van der Waals surface area contributed by atoms with E-state index in [-0.39, 0.29) is 0 Å². The van der Waals surface area contributed by atoms with Crippen LogP contribution in [0.4, 0.5) is 0 Å². The highest BCUT2D eigenvalue weighted by atomic mass is 35.5. The fraction of sp³-hybridized carbons (Fsp3) is 0.412. The Morgan fingerprint density at radius 2 is 2.00 bits per heavy atom. The second kappa shape index (κ2) is 7.64. The van der Waals surface area contributed by atoms with Crippen molar-refractivity contribution in [1.29, 1.82) is 0 Å². The first-order valence-corrected chi connectivity index (χ1v) is 7.64. The van der Waals surface area contributed by atoms with Crippen molar-refractivity contribution in [3.05, 3.63) is 58.5 Å². The Morgan fingerprint density at radius 1 is 1.24 bits per heavy atom. The molecule has 0 radical (unpaired) electrons. The molecule has 1 heterocycles. The van der Waals surface area contributed by atoms with Crippen molar-refractivity contribution in [2.24, 2.45) is 0 Å². The lowest BCUT2D eigenvalue weighted by Crippen LogP contribution is -2.21. The summed E-state index contributed by atoms with van der Waals surface area (Å²) in [4.78, 5) is 2.19. The quantitative estimate of drug-likeness (QED) is 0.836. The summed E-state index contributed by atoms with van der Waals surface area (Å²) < 4.78 is 5.62. The third kappa shape index (κ3) is 5.20. The zero-order chi connectivity index (χ0) is 15.2. The van der Waals surface area contributed by atoms with Gasteiger partial charge in [-0.2, -0.15) is 0 Å². The Morgan fingerprint density at radius 3 is 2.71 bits per heavy atom. The highest BCUT2D eigenvalue weighted by Gasteiger charge is 2.08. The van der Waals surface area contributed by atoms with Gasteiger partial charge in [-0.05, 0) is 24.7 Å². The monoisotopic (exact) mass is 306 g/mol. The Labute approximate surface area is 131 Å². The van der Waals surface area contributed by atoms with Crippen molar-refractivity contribution < 1.29 is 4.42 Å². The van der Waals surface area contributed by atoms with Gasteiger partial charge in [-0.25, -0.2) is 0 Å². The van der Waals surface area contributed by atoms with Gasteiger partial charge in [0, 0.05) is 29.7 Å². The van der Waals surface area contributed by atoms with Crippen LogP contribution in [0.5, 0.6) is 0 Å². The van der Waals surface area contributed by atoms with Crippen molar-refractivity contribution >= 4 is 11.6 Å². The van der Waals surface area contributed by atoms with Crippen LogP contribution >= 0.6 is 11.6 Å². The van der Waals surface area contributed by atoms with Crippen LogP contribution in [0.1, 0.15) is 30.7 Å². The van der Waals surface area contributed by atoms with Crippen LogP contribution in [0, 0.1) is 0 Å². The molecule has 0 fully saturated rings. The number of rotatable bonds is 7. The summed E-state index contributed by atoms with van der Waals surface area (Å²) in [5, 5.41) is 4.20. The molecule has 0 aliphatic carbocycles. The average Bonchev–Trinajstić information content (AvgIpc) is 2.86. The fourth-order valence-electron chi connectivity index (χ4n) is 2.16. The fourth-order valence-corrected chi connectivity index (χ4v) is 2.36. The van der Waals surface area contributed by atoms with E-state index in [1.807, 2.05) is 24.5 Å². The van der Waals surface area contributed by atoms with E-state index in [1.54, 1.807) is 0 Å². The Kier molecular flexibility index (Phi) is 5.85. The van der Waals surface area contributed by atoms with Gasteiger partial charge in [-0.1, -0.05) is 43.6 Å². The minimum atomic E-state index is 0.478. The lowest BCUT2D eigenvalue weighted by Gasteiger charge is -2.15. The second-order valence-electron chi connectivity index (χ2n) is 5.72. The molecule has 0 amide bonds. The van der Waals surface area contributed by atoms with Crippen molar-refractivity contribution in [2.75, 3.05) is 7.05 Å². The minimum Gasteiger partial charge on any atom is -0.468 e. The number of hydrogen-bond donors (Lipinski definition) is 1. The summed E-state index contributed by atoms with van der Waals surface area (Å²) in [6.45, 7) is 6.69. The number of halogens is 1. The molecule has 0 atom stereocenters. The molecular weight excluding hydrogens is 284 g/mol. The molecule has 1 aromatic carbocycles. The summed E-state index contributed by atoms with van der Waals surface area (Å²) >= 11 is 6.19. The molecule has 114 valence electrons. The van der Waals surface area contributed by atoms with E-state index in [0.29, 0.717) is 6.04 Å². The van der Waals surface area contributed by atoms with Gasteiger partial charge in [0.05, 0.1) is 12.8 Å². The molecule has 0 bridgehead atoms. The van der Waals surface area contributed by atoms with E-state index >= 15 is 0 Å². The maximum absolute atomic E-state index is 6.19. The maximum Gasteiger partial charge on any atom is 0.118 e. The number of furan rings is 1. The van der Waals surface area contributed by atoms with Crippen molar-refractivity contribution in [2.45, 2.75) is 39.5 Å².